The summed E-state index contributed by atoms with van der Waals surface area (Å²) in [6, 6.07) is 15.2. The van der Waals surface area contributed by atoms with Crippen LogP contribution in [0.15, 0.2) is 61.2 Å². The quantitative estimate of drug-likeness (QED) is 0.660. The Morgan fingerprint density at radius 3 is 2.41 bits per heavy atom. The lowest BCUT2D eigenvalue weighted by molar-refractivity contribution is 0.0162. The molecule has 0 radical (unpaired) electrons. The SMILES string of the molecule is C=CCOc1ccc(C(=O)NC[C@@H](c2ccc(OC)cc2)N2CCOCC2)cc1. The maximum atomic E-state index is 12.7. The molecule has 29 heavy (non-hydrogen) atoms. The van der Waals surface area contributed by atoms with Crippen molar-refractivity contribution in [2.24, 2.45) is 0 Å². The molecule has 3 rings (SSSR count). The second-order valence-corrected chi connectivity index (χ2v) is 6.77. The van der Waals surface area contributed by atoms with Crippen LogP contribution < -0.4 is 14.8 Å². The van der Waals surface area contributed by atoms with Gasteiger partial charge in [-0.15, -0.1) is 0 Å². The van der Waals surface area contributed by atoms with Gasteiger partial charge in [-0.05, 0) is 42.0 Å². The van der Waals surface area contributed by atoms with Crippen molar-refractivity contribution in [3.8, 4) is 11.5 Å². The molecule has 0 aliphatic carbocycles. The van der Waals surface area contributed by atoms with E-state index in [1.807, 2.05) is 12.1 Å². The fourth-order valence-electron chi connectivity index (χ4n) is 3.32. The minimum absolute atomic E-state index is 0.0731. The summed E-state index contributed by atoms with van der Waals surface area (Å²) in [6.07, 6.45) is 1.69. The molecule has 1 atom stereocenters. The second-order valence-electron chi connectivity index (χ2n) is 6.77. The van der Waals surface area contributed by atoms with Crippen LogP contribution in [0.1, 0.15) is 22.0 Å². The smallest absolute Gasteiger partial charge is 0.251 e. The Morgan fingerprint density at radius 2 is 1.79 bits per heavy atom. The number of hydrogen-bond acceptors (Lipinski definition) is 5. The number of carbonyl (C=O) groups is 1. The highest BCUT2D eigenvalue weighted by Gasteiger charge is 2.23. The van der Waals surface area contributed by atoms with E-state index in [1.54, 1.807) is 37.5 Å². The molecule has 6 nitrogen and oxygen atoms in total. The first-order valence-electron chi connectivity index (χ1n) is 9.79. The van der Waals surface area contributed by atoms with Crippen LogP contribution in [0.3, 0.4) is 0 Å². The van der Waals surface area contributed by atoms with Crippen LogP contribution in [0.4, 0.5) is 0 Å². The molecule has 1 amide bonds. The van der Waals surface area contributed by atoms with Crippen molar-refractivity contribution in [2.75, 3.05) is 46.6 Å². The van der Waals surface area contributed by atoms with Gasteiger partial charge >= 0.3 is 0 Å². The van der Waals surface area contributed by atoms with Crippen LogP contribution in [0.25, 0.3) is 0 Å². The van der Waals surface area contributed by atoms with E-state index in [2.05, 4.69) is 28.9 Å². The van der Waals surface area contributed by atoms with Gasteiger partial charge in [-0.1, -0.05) is 24.8 Å². The molecular weight excluding hydrogens is 368 g/mol. The Kier molecular flexibility index (Phi) is 7.67. The lowest BCUT2D eigenvalue weighted by atomic mass is 10.0. The summed E-state index contributed by atoms with van der Waals surface area (Å²) in [5.41, 5.74) is 1.74. The van der Waals surface area contributed by atoms with E-state index in [0.717, 1.165) is 24.4 Å². The third-order valence-corrected chi connectivity index (χ3v) is 4.93. The molecule has 0 unspecified atom stereocenters. The fourth-order valence-corrected chi connectivity index (χ4v) is 3.32. The van der Waals surface area contributed by atoms with Gasteiger partial charge in [-0.3, -0.25) is 9.69 Å². The summed E-state index contributed by atoms with van der Waals surface area (Å²) in [5.74, 6) is 1.43. The minimum atomic E-state index is -0.105. The number of amides is 1. The molecule has 1 aliphatic rings. The lowest BCUT2D eigenvalue weighted by Crippen LogP contribution is -2.43. The third-order valence-electron chi connectivity index (χ3n) is 4.93. The molecule has 2 aromatic rings. The molecule has 0 aromatic heterocycles. The molecule has 1 heterocycles. The van der Waals surface area contributed by atoms with E-state index in [0.29, 0.717) is 37.7 Å². The summed E-state index contributed by atoms with van der Waals surface area (Å²) in [5, 5.41) is 3.08. The Hall–Kier alpha value is -2.83. The van der Waals surface area contributed by atoms with Gasteiger partial charge in [0, 0.05) is 25.2 Å². The third kappa shape index (κ3) is 5.82. The minimum Gasteiger partial charge on any atom is -0.497 e. The summed E-state index contributed by atoms with van der Waals surface area (Å²) in [7, 11) is 1.66. The van der Waals surface area contributed by atoms with Gasteiger partial charge in [-0.2, -0.15) is 0 Å². The fraction of sp³-hybridized carbons (Fsp3) is 0.348. The van der Waals surface area contributed by atoms with Crippen molar-refractivity contribution in [1.82, 2.24) is 10.2 Å². The Morgan fingerprint density at radius 1 is 1.14 bits per heavy atom. The number of nitrogens with one attached hydrogen (secondary N) is 1. The average Bonchev–Trinajstić information content (AvgIpc) is 2.79. The topological polar surface area (TPSA) is 60.0 Å². The molecule has 1 saturated heterocycles. The number of benzene rings is 2. The van der Waals surface area contributed by atoms with E-state index in [-0.39, 0.29) is 11.9 Å². The van der Waals surface area contributed by atoms with Crippen molar-refractivity contribution >= 4 is 5.91 Å². The van der Waals surface area contributed by atoms with Crippen LogP contribution >= 0.6 is 0 Å². The summed E-state index contributed by atoms with van der Waals surface area (Å²) in [4.78, 5) is 15.0. The van der Waals surface area contributed by atoms with Gasteiger partial charge in [0.25, 0.3) is 5.91 Å². The second kappa shape index (κ2) is 10.6. The first kappa shape index (κ1) is 20.9. The van der Waals surface area contributed by atoms with Crippen LogP contribution in [0, 0.1) is 0 Å². The van der Waals surface area contributed by atoms with E-state index in [1.165, 1.54) is 0 Å². The van der Waals surface area contributed by atoms with E-state index < -0.39 is 0 Å². The van der Waals surface area contributed by atoms with Gasteiger partial charge in [-0.25, -0.2) is 0 Å². The Labute approximate surface area is 172 Å². The number of morpholine rings is 1. The largest absolute Gasteiger partial charge is 0.497 e. The Balaban J connectivity index is 1.66. The maximum absolute atomic E-state index is 12.7. The highest BCUT2D eigenvalue weighted by atomic mass is 16.5. The van der Waals surface area contributed by atoms with Crippen molar-refractivity contribution in [2.45, 2.75) is 6.04 Å². The number of ether oxygens (including phenoxy) is 3. The summed E-state index contributed by atoms with van der Waals surface area (Å²) in [6.45, 7) is 7.65. The zero-order valence-electron chi connectivity index (χ0n) is 16.8. The standard InChI is InChI=1S/C23H28N2O4/c1-3-14-29-21-10-6-19(7-11-21)23(26)24-17-22(25-12-15-28-16-13-25)18-4-8-20(27-2)9-5-18/h3-11,22H,1,12-17H2,2H3,(H,24,26)/t22-/m0/s1. The van der Waals surface area contributed by atoms with E-state index in [4.69, 9.17) is 14.2 Å². The van der Waals surface area contributed by atoms with E-state index in [9.17, 15) is 4.79 Å². The first-order valence-corrected chi connectivity index (χ1v) is 9.79. The van der Waals surface area contributed by atoms with Crippen molar-refractivity contribution in [1.29, 1.82) is 0 Å². The van der Waals surface area contributed by atoms with Gasteiger partial charge in [0.05, 0.1) is 26.4 Å². The zero-order chi connectivity index (χ0) is 20.5. The number of rotatable bonds is 9. The first-order chi connectivity index (χ1) is 14.2. The molecule has 2 aromatic carbocycles. The number of nitrogens with zero attached hydrogens (tertiary/aromatic N) is 1. The van der Waals surface area contributed by atoms with Crippen LogP contribution in [-0.4, -0.2) is 57.4 Å². The van der Waals surface area contributed by atoms with Gasteiger partial charge < -0.3 is 19.5 Å². The molecule has 0 saturated carbocycles. The normalized spacial score (nSPS) is 15.3. The van der Waals surface area contributed by atoms with Gasteiger partial charge in [0.15, 0.2) is 0 Å². The number of methoxy groups -OCH3 is 1. The molecule has 0 bridgehead atoms. The Bertz CT molecular complexity index is 784. The van der Waals surface area contributed by atoms with Crippen LogP contribution in [-0.2, 0) is 4.74 Å². The van der Waals surface area contributed by atoms with Crippen molar-refractivity contribution in [3.63, 3.8) is 0 Å². The zero-order valence-corrected chi connectivity index (χ0v) is 16.8. The predicted molar refractivity (Wildman–Crippen MR) is 113 cm³/mol. The van der Waals surface area contributed by atoms with Gasteiger partial charge in [0.1, 0.15) is 18.1 Å². The predicted octanol–water partition coefficient (Wildman–Crippen LogP) is 3.06. The van der Waals surface area contributed by atoms with Gasteiger partial charge in [0.2, 0.25) is 0 Å². The van der Waals surface area contributed by atoms with Crippen molar-refractivity contribution in [3.05, 3.63) is 72.3 Å². The average molecular weight is 396 g/mol. The van der Waals surface area contributed by atoms with Crippen LogP contribution in [0.2, 0.25) is 0 Å². The molecule has 154 valence electrons. The van der Waals surface area contributed by atoms with Crippen molar-refractivity contribution < 1.29 is 19.0 Å². The maximum Gasteiger partial charge on any atom is 0.251 e. The van der Waals surface area contributed by atoms with Crippen LogP contribution in [0.5, 0.6) is 11.5 Å². The molecule has 6 heteroatoms. The monoisotopic (exact) mass is 396 g/mol. The number of hydrogen-bond donors (Lipinski definition) is 1. The lowest BCUT2D eigenvalue weighted by Gasteiger charge is -2.35. The summed E-state index contributed by atoms with van der Waals surface area (Å²) >= 11 is 0. The highest BCUT2D eigenvalue weighted by molar-refractivity contribution is 5.94. The molecule has 1 N–H and O–H groups in total. The van der Waals surface area contributed by atoms with E-state index >= 15 is 0 Å². The summed E-state index contributed by atoms with van der Waals surface area (Å²) < 4.78 is 16.2. The molecule has 1 fully saturated rings. The molecular formula is C23H28N2O4. The number of carbonyl (C=O) groups excluding carboxylic acids is 1. The molecule has 0 spiro atoms. The highest BCUT2D eigenvalue weighted by Crippen LogP contribution is 2.24. The molecule has 1 aliphatic heterocycles.